The number of nitrogens with zero attached hydrogens (tertiary/aromatic N) is 4. The molecular weight excluding hydrogens is 533 g/mol. The van der Waals surface area contributed by atoms with Gasteiger partial charge < -0.3 is 15.0 Å². The summed E-state index contributed by atoms with van der Waals surface area (Å²) in [5, 5.41) is 20.4. The summed E-state index contributed by atoms with van der Waals surface area (Å²) in [5.41, 5.74) is 0.0147. The zero-order valence-corrected chi connectivity index (χ0v) is 20.7. The minimum atomic E-state index is -1.19. The maximum Gasteiger partial charge on any atom is 0.352 e. The molecule has 2 aliphatic heterocycles. The van der Waals surface area contributed by atoms with Gasteiger partial charge in [0.2, 0.25) is 11.3 Å². The Balaban J connectivity index is 1.43. The molecule has 0 radical (unpaired) electrons. The van der Waals surface area contributed by atoms with Crippen molar-refractivity contribution >= 4 is 75.8 Å². The van der Waals surface area contributed by atoms with Gasteiger partial charge in [0.15, 0.2) is 4.34 Å². The fraction of sp³-hybridized carbons (Fsp3) is 0.333. The molecule has 33 heavy (non-hydrogen) atoms. The topological polar surface area (TPSA) is 134 Å². The number of pyridine rings is 1. The molecule has 0 aliphatic carbocycles. The number of aliphatic carboxylic acids is 1. The lowest BCUT2D eigenvalue weighted by molar-refractivity contribution is -0.150. The predicted octanol–water partition coefficient (Wildman–Crippen LogP) is 1.85. The van der Waals surface area contributed by atoms with E-state index in [1.165, 1.54) is 56.7 Å². The highest BCUT2D eigenvalue weighted by atomic mass is 35.5. The maximum atomic E-state index is 12.8. The first kappa shape index (κ1) is 24.1. The van der Waals surface area contributed by atoms with Crippen LogP contribution in [-0.2, 0) is 20.9 Å². The van der Waals surface area contributed by atoms with Crippen LogP contribution in [0.5, 0.6) is 0 Å². The van der Waals surface area contributed by atoms with Gasteiger partial charge in [-0.3, -0.25) is 19.3 Å². The molecule has 0 aromatic carbocycles. The van der Waals surface area contributed by atoms with Crippen LogP contribution in [0.4, 0.5) is 0 Å². The number of hydrogen-bond acceptors (Lipinski definition) is 9. The quantitative estimate of drug-likeness (QED) is 0.393. The van der Waals surface area contributed by atoms with Crippen molar-refractivity contribution in [3.63, 3.8) is 0 Å². The van der Waals surface area contributed by atoms with Crippen LogP contribution in [0.2, 0.25) is 10.0 Å². The number of aromatic nitrogens is 3. The monoisotopic (exact) mass is 547 g/mol. The Hall–Kier alpha value is -2.06. The van der Waals surface area contributed by atoms with Gasteiger partial charge in [-0.1, -0.05) is 46.3 Å². The van der Waals surface area contributed by atoms with E-state index < -0.39 is 34.6 Å². The van der Waals surface area contributed by atoms with Gasteiger partial charge in [-0.25, -0.2) is 4.79 Å². The minimum Gasteiger partial charge on any atom is -0.477 e. The highest BCUT2D eigenvalue weighted by Gasteiger charge is 2.54. The molecule has 1 fully saturated rings. The molecule has 2 amide bonds. The van der Waals surface area contributed by atoms with E-state index in [2.05, 4.69) is 15.5 Å². The standard InChI is InChI=1S/C18H15Cl2N5O5S3/c1-7-22-23-18(33-7)32-6-8-5-31-16-12(15(28)25(16)13(8)17(29)30)21-11(26)4-24-2-9(19)14(27)10(20)3-24/h2-3,12,16H,4-6H2,1H3,(H,21,26)(H,29,30)/t12-,16+/m1/s1. The summed E-state index contributed by atoms with van der Waals surface area (Å²) in [6.45, 7) is 1.62. The van der Waals surface area contributed by atoms with Crippen molar-refractivity contribution in [2.45, 2.75) is 29.2 Å². The van der Waals surface area contributed by atoms with Gasteiger partial charge in [0.25, 0.3) is 5.91 Å². The van der Waals surface area contributed by atoms with E-state index in [-0.39, 0.29) is 22.3 Å². The van der Waals surface area contributed by atoms with Crippen LogP contribution in [0.25, 0.3) is 0 Å². The summed E-state index contributed by atoms with van der Waals surface area (Å²) < 4.78 is 2.06. The number of nitrogens with one attached hydrogen (secondary N) is 1. The summed E-state index contributed by atoms with van der Waals surface area (Å²) in [7, 11) is 0. The molecule has 0 saturated carbocycles. The zero-order chi connectivity index (χ0) is 23.9. The fourth-order valence-electron chi connectivity index (χ4n) is 3.32. The van der Waals surface area contributed by atoms with Crippen molar-refractivity contribution in [1.29, 1.82) is 0 Å². The first-order valence-electron chi connectivity index (χ1n) is 9.33. The third kappa shape index (κ3) is 4.92. The van der Waals surface area contributed by atoms with Gasteiger partial charge in [-0.2, -0.15) is 0 Å². The Morgan fingerprint density at radius 1 is 1.27 bits per heavy atom. The molecule has 10 nitrogen and oxygen atoms in total. The average Bonchev–Trinajstić information content (AvgIpc) is 3.18. The predicted molar refractivity (Wildman–Crippen MR) is 126 cm³/mol. The van der Waals surface area contributed by atoms with Crippen LogP contribution in [0, 0.1) is 6.92 Å². The average molecular weight is 548 g/mol. The third-order valence-corrected chi connectivity index (χ3v) is 8.70. The van der Waals surface area contributed by atoms with Gasteiger partial charge >= 0.3 is 5.97 Å². The highest BCUT2D eigenvalue weighted by Crippen LogP contribution is 2.41. The number of carbonyl (C=O) groups is 3. The number of carbonyl (C=O) groups excluding carboxylic acids is 2. The smallest absolute Gasteiger partial charge is 0.352 e. The van der Waals surface area contributed by atoms with Gasteiger partial charge in [0.1, 0.15) is 38.7 Å². The molecule has 0 spiro atoms. The summed E-state index contributed by atoms with van der Waals surface area (Å²) >= 11 is 15.8. The van der Waals surface area contributed by atoms with E-state index in [4.69, 9.17) is 23.2 Å². The molecule has 1 saturated heterocycles. The van der Waals surface area contributed by atoms with E-state index in [0.717, 1.165) is 9.35 Å². The molecule has 15 heteroatoms. The first-order valence-corrected chi connectivity index (χ1v) is 12.9. The fourth-order valence-corrected chi connectivity index (χ4v) is 7.12. The lowest BCUT2D eigenvalue weighted by atomic mass is 10.0. The number of amides is 2. The van der Waals surface area contributed by atoms with Gasteiger partial charge in [-0.15, -0.1) is 22.0 Å². The second-order valence-electron chi connectivity index (χ2n) is 7.04. The largest absolute Gasteiger partial charge is 0.477 e. The molecule has 0 bridgehead atoms. The Kier molecular flexibility index (Phi) is 7.05. The van der Waals surface area contributed by atoms with Crippen molar-refractivity contribution in [1.82, 2.24) is 25.0 Å². The number of carboxylic acid groups (broad SMARTS) is 1. The van der Waals surface area contributed by atoms with Crippen LogP contribution >= 0.6 is 58.1 Å². The molecule has 2 aromatic rings. The summed E-state index contributed by atoms with van der Waals surface area (Å²) in [6, 6.07) is -0.859. The number of aryl methyl sites for hydroxylation is 1. The van der Waals surface area contributed by atoms with Crippen molar-refractivity contribution in [3.8, 4) is 0 Å². The molecule has 4 heterocycles. The number of thioether (sulfide) groups is 2. The van der Waals surface area contributed by atoms with Crippen LogP contribution in [-0.4, -0.2) is 65.5 Å². The molecule has 2 atom stereocenters. The van der Waals surface area contributed by atoms with Crippen LogP contribution < -0.4 is 10.7 Å². The minimum absolute atomic E-state index is 0.0537. The third-order valence-electron chi connectivity index (χ3n) is 4.76. The number of carboxylic acids is 1. The van der Waals surface area contributed by atoms with Gasteiger partial charge in [0, 0.05) is 23.9 Å². The number of halogens is 2. The second kappa shape index (κ2) is 9.66. The van der Waals surface area contributed by atoms with E-state index in [1.807, 2.05) is 6.92 Å². The molecule has 2 aliphatic rings. The number of hydrogen-bond donors (Lipinski definition) is 2. The van der Waals surface area contributed by atoms with Crippen molar-refractivity contribution in [2.75, 3.05) is 11.5 Å². The molecule has 0 unspecified atom stereocenters. The Bertz CT molecular complexity index is 1220. The lowest BCUT2D eigenvalue weighted by Crippen LogP contribution is -2.70. The highest BCUT2D eigenvalue weighted by molar-refractivity contribution is 8.01. The van der Waals surface area contributed by atoms with Crippen molar-refractivity contribution < 1.29 is 19.5 Å². The van der Waals surface area contributed by atoms with Crippen molar-refractivity contribution in [2.24, 2.45) is 0 Å². The molecule has 4 rings (SSSR count). The van der Waals surface area contributed by atoms with Gasteiger partial charge in [-0.05, 0) is 12.5 Å². The molecule has 174 valence electrons. The van der Waals surface area contributed by atoms with Crippen LogP contribution in [0.3, 0.4) is 0 Å². The summed E-state index contributed by atoms with van der Waals surface area (Å²) in [5.74, 6) is -1.43. The van der Waals surface area contributed by atoms with Crippen molar-refractivity contribution in [3.05, 3.63) is 48.9 Å². The maximum absolute atomic E-state index is 12.8. The van der Waals surface area contributed by atoms with E-state index >= 15 is 0 Å². The zero-order valence-electron chi connectivity index (χ0n) is 16.8. The van der Waals surface area contributed by atoms with Crippen LogP contribution in [0.15, 0.2) is 32.8 Å². The number of fused-ring (bicyclic) bond motifs is 1. The second-order valence-corrected chi connectivity index (χ2v) is 11.4. The van der Waals surface area contributed by atoms with E-state index in [0.29, 0.717) is 17.1 Å². The van der Waals surface area contributed by atoms with Gasteiger partial charge in [0.05, 0.1) is 0 Å². The Morgan fingerprint density at radius 2 is 1.97 bits per heavy atom. The molecular formula is C18H15Cl2N5O5S3. The molecule has 2 N–H and O–H groups in total. The summed E-state index contributed by atoms with van der Waals surface area (Å²) in [6.07, 6.45) is 2.54. The normalized spacial score (nSPS) is 19.8. The van der Waals surface area contributed by atoms with E-state index in [1.54, 1.807) is 0 Å². The SMILES string of the molecule is Cc1nnc(SCC2=C(C(=O)O)N3C(=O)[C@@H](NC(=O)Cn4cc(Cl)c(=O)c(Cl)c4)[C@@H]3SC2)s1. The molecule has 2 aromatic heterocycles. The van der Waals surface area contributed by atoms with Crippen LogP contribution in [0.1, 0.15) is 5.01 Å². The number of β-lactam (4-membered cyclic amide) rings is 1. The summed E-state index contributed by atoms with van der Waals surface area (Å²) in [4.78, 5) is 50.0. The lowest BCUT2D eigenvalue weighted by Gasteiger charge is -2.49. The Morgan fingerprint density at radius 3 is 2.58 bits per heavy atom. The Labute approximate surface area is 209 Å². The first-order chi connectivity index (χ1) is 15.7. The number of rotatable bonds is 7. The van der Waals surface area contributed by atoms with E-state index in [9.17, 15) is 24.3 Å².